The molecule has 1 aromatic heterocycles. The van der Waals surface area contributed by atoms with Crippen molar-refractivity contribution in [1.82, 2.24) is 9.78 Å². The van der Waals surface area contributed by atoms with Crippen molar-refractivity contribution in [3.05, 3.63) is 75.6 Å². The van der Waals surface area contributed by atoms with Crippen LogP contribution in [0.15, 0.2) is 54.7 Å². The number of nitro benzene ring substituents is 1. The number of nitrogens with zero attached hydrogens (tertiary/aromatic N) is 4. The zero-order valence-corrected chi connectivity index (χ0v) is 16.4. The summed E-state index contributed by atoms with van der Waals surface area (Å²) < 4.78 is 1.44. The van der Waals surface area contributed by atoms with E-state index in [1.165, 1.54) is 22.9 Å². The van der Waals surface area contributed by atoms with Crippen LogP contribution in [0.5, 0.6) is 0 Å². The van der Waals surface area contributed by atoms with Crippen molar-refractivity contribution in [2.45, 2.75) is 12.8 Å². The predicted octanol–water partition coefficient (Wildman–Crippen LogP) is 3.81. The minimum atomic E-state index is -0.487. The normalized spacial score (nSPS) is 13.5. The zero-order chi connectivity index (χ0) is 21.3. The van der Waals surface area contributed by atoms with Crippen LogP contribution in [0.2, 0.25) is 5.02 Å². The lowest BCUT2D eigenvalue weighted by atomic mass is 10.2. The van der Waals surface area contributed by atoms with Crippen LogP contribution in [0.4, 0.5) is 17.1 Å². The number of halogens is 1. The fourth-order valence-corrected chi connectivity index (χ4v) is 3.37. The molecule has 9 nitrogen and oxygen atoms in total. The second-order valence-corrected chi connectivity index (χ2v) is 7.09. The first-order chi connectivity index (χ1) is 14.4. The Hall–Kier alpha value is -3.72. The van der Waals surface area contributed by atoms with Crippen LogP contribution in [0.25, 0.3) is 5.69 Å². The van der Waals surface area contributed by atoms with Gasteiger partial charge in [-0.25, -0.2) is 4.68 Å². The topological polar surface area (TPSA) is 110 Å². The van der Waals surface area contributed by atoms with Crippen LogP contribution in [0, 0.1) is 10.1 Å². The molecule has 30 heavy (non-hydrogen) atoms. The molecule has 2 heterocycles. The van der Waals surface area contributed by atoms with E-state index in [0.717, 1.165) is 6.42 Å². The Labute approximate surface area is 176 Å². The van der Waals surface area contributed by atoms with E-state index in [1.54, 1.807) is 41.4 Å². The van der Waals surface area contributed by atoms with Gasteiger partial charge < -0.3 is 10.2 Å². The monoisotopic (exact) mass is 425 g/mol. The molecular weight excluding hydrogens is 410 g/mol. The molecule has 0 aliphatic carbocycles. The van der Waals surface area contributed by atoms with Crippen molar-refractivity contribution >= 4 is 40.5 Å². The number of hydrogen-bond acceptors (Lipinski definition) is 5. The summed E-state index contributed by atoms with van der Waals surface area (Å²) in [5.41, 5.74) is 1.74. The molecule has 3 aromatic rings. The first-order valence-electron chi connectivity index (χ1n) is 9.14. The number of nitrogens with one attached hydrogen (secondary N) is 1. The predicted molar refractivity (Wildman–Crippen MR) is 111 cm³/mol. The minimum Gasteiger partial charge on any atom is -0.319 e. The van der Waals surface area contributed by atoms with E-state index in [0.29, 0.717) is 35.1 Å². The van der Waals surface area contributed by atoms with Crippen molar-refractivity contribution in [3.63, 3.8) is 0 Å². The highest BCUT2D eigenvalue weighted by atomic mass is 35.5. The van der Waals surface area contributed by atoms with E-state index in [1.807, 2.05) is 0 Å². The lowest BCUT2D eigenvalue weighted by molar-refractivity contribution is -0.384. The number of carbonyl (C=O) groups is 2. The maximum Gasteiger partial charge on any atom is 0.276 e. The molecule has 2 aromatic carbocycles. The molecule has 1 N–H and O–H groups in total. The second-order valence-electron chi connectivity index (χ2n) is 6.69. The summed E-state index contributed by atoms with van der Waals surface area (Å²) in [6, 6.07) is 12.4. The van der Waals surface area contributed by atoms with Gasteiger partial charge in [-0.15, -0.1) is 0 Å². The number of anilines is 2. The van der Waals surface area contributed by atoms with Crippen molar-refractivity contribution < 1.29 is 14.5 Å². The van der Waals surface area contributed by atoms with Gasteiger partial charge >= 0.3 is 0 Å². The maximum atomic E-state index is 12.6. The molecule has 152 valence electrons. The van der Waals surface area contributed by atoms with Gasteiger partial charge in [0.1, 0.15) is 0 Å². The highest BCUT2D eigenvalue weighted by Crippen LogP contribution is 2.30. The number of amides is 2. The third-order valence-corrected chi connectivity index (χ3v) is 5.06. The van der Waals surface area contributed by atoms with Gasteiger partial charge in [-0.3, -0.25) is 19.7 Å². The first-order valence-corrected chi connectivity index (χ1v) is 9.52. The number of rotatable bonds is 5. The van der Waals surface area contributed by atoms with Gasteiger partial charge in [0.2, 0.25) is 5.91 Å². The van der Waals surface area contributed by atoms with Gasteiger partial charge in [-0.1, -0.05) is 11.6 Å². The van der Waals surface area contributed by atoms with Crippen LogP contribution in [0.3, 0.4) is 0 Å². The van der Waals surface area contributed by atoms with E-state index < -0.39 is 10.8 Å². The quantitative estimate of drug-likeness (QED) is 0.493. The third-order valence-electron chi connectivity index (χ3n) is 4.73. The number of non-ortho nitro benzene ring substituents is 1. The van der Waals surface area contributed by atoms with Gasteiger partial charge in [-0.2, -0.15) is 5.10 Å². The number of nitro groups is 1. The average Bonchev–Trinajstić information content (AvgIpc) is 3.39. The van der Waals surface area contributed by atoms with Crippen LogP contribution in [0.1, 0.15) is 23.3 Å². The van der Waals surface area contributed by atoms with Crippen molar-refractivity contribution in [2.24, 2.45) is 0 Å². The molecule has 0 unspecified atom stereocenters. The summed E-state index contributed by atoms with van der Waals surface area (Å²) in [5.74, 6) is -0.432. The Bertz CT molecular complexity index is 1140. The summed E-state index contributed by atoms with van der Waals surface area (Å²) >= 11 is 6.21. The van der Waals surface area contributed by atoms with Gasteiger partial charge in [0.25, 0.3) is 11.6 Å². The highest BCUT2D eigenvalue weighted by molar-refractivity contribution is 6.34. The second kappa shape index (κ2) is 7.96. The molecule has 1 fully saturated rings. The molecule has 2 amide bonds. The molecule has 1 aliphatic rings. The molecule has 4 rings (SSSR count). The van der Waals surface area contributed by atoms with E-state index in [9.17, 15) is 19.7 Å². The smallest absolute Gasteiger partial charge is 0.276 e. The molecule has 0 bridgehead atoms. The Morgan fingerprint density at radius 3 is 2.53 bits per heavy atom. The Morgan fingerprint density at radius 2 is 1.87 bits per heavy atom. The van der Waals surface area contributed by atoms with E-state index in [-0.39, 0.29) is 17.3 Å². The molecule has 10 heteroatoms. The summed E-state index contributed by atoms with van der Waals surface area (Å²) in [4.78, 5) is 36.5. The summed E-state index contributed by atoms with van der Waals surface area (Å²) in [6.07, 6.45) is 2.88. The average molecular weight is 426 g/mol. The van der Waals surface area contributed by atoms with Crippen LogP contribution >= 0.6 is 11.6 Å². The van der Waals surface area contributed by atoms with Gasteiger partial charge in [0, 0.05) is 37.0 Å². The maximum absolute atomic E-state index is 12.6. The highest BCUT2D eigenvalue weighted by Gasteiger charge is 2.22. The lowest BCUT2D eigenvalue weighted by Gasteiger charge is -2.17. The van der Waals surface area contributed by atoms with E-state index >= 15 is 0 Å². The van der Waals surface area contributed by atoms with Crippen LogP contribution < -0.4 is 10.2 Å². The van der Waals surface area contributed by atoms with Crippen molar-refractivity contribution in [3.8, 4) is 5.69 Å². The van der Waals surface area contributed by atoms with E-state index in [4.69, 9.17) is 11.6 Å². The Morgan fingerprint density at radius 1 is 1.13 bits per heavy atom. The fraction of sp³-hybridized carbons (Fsp3) is 0.150. The zero-order valence-electron chi connectivity index (χ0n) is 15.6. The Balaban J connectivity index is 1.52. The molecular formula is C20H16ClN5O4. The molecule has 0 radical (unpaired) electrons. The molecule has 0 atom stereocenters. The first kappa shape index (κ1) is 19.6. The van der Waals surface area contributed by atoms with Gasteiger partial charge in [-0.05, 0) is 42.8 Å². The standard InChI is InChI=1S/C20H16ClN5O4/c21-16-8-7-15(24-10-1-2-19(24)27)12-18(16)22-20(28)17-9-11-25(23-17)13-3-5-14(6-4-13)26(29)30/h3-9,11-12H,1-2,10H2,(H,22,28). The number of aromatic nitrogens is 2. The SMILES string of the molecule is O=C(Nc1cc(N2CCCC2=O)ccc1Cl)c1ccn(-c2ccc([N+](=O)[O-])cc2)n1. The minimum absolute atomic E-state index is 0.0325. The third kappa shape index (κ3) is 3.87. The summed E-state index contributed by atoms with van der Waals surface area (Å²) in [6.45, 7) is 0.632. The summed E-state index contributed by atoms with van der Waals surface area (Å²) in [7, 11) is 0. The molecule has 0 spiro atoms. The van der Waals surface area contributed by atoms with Crippen molar-refractivity contribution in [1.29, 1.82) is 0 Å². The molecule has 1 saturated heterocycles. The number of carbonyl (C=O) groups excluding carboxylic acids is 2. The van der Waals surface area contributed by atoms with E-state index in [2.05, 4.69) is 10.4 Å². The Kier molecular flexibility index (Phi) is 5.20. The van der Waals surface area contributed by atoms with Crippen LogP contribution in [-0.4, -0.2) is 33.1 Å². The van der Waals surface area contributed by atoms with Gasteiger partial charge in [0.05, 0.1) is 21.3 Å². The fourth-order valence-electron chi connectivity index (χ4n) is 3.20. The number of benzene rings is 2. The summed E-state index contributed by atoms with van der Waals surface area (Å²) in [5, 5.41) is 18.0. The molecule has 0 saturated carbocycles. The largest absolute Gasteiger partial charge is 0.319 e. The van der Waals surface area contributed by atoms with Crippen LogP contribution in [-0.2, 0) is 4.79 Å². The van der Waals surface area contributed by atoms with Crippen molar-refractivity contribution in [2.75, 3.05) is 16.8 Å². The lowest BCUT2D eigenvalue weighted by Crippen LogP contribution is -2.24. The molecule has 1 aliphatic heterocycles. The number of hydrogen-bond donors (Lipinski definition) is 1. The van der Waals surface area contributed by atoms with Gasteiger partial charge in [0.15, 0.2) is 5.69 Å².